The number of aryl methyl sites for hydroxylation is 16. The summed E-state index contributed by atoms with van der Waals surface area (Å²) >= 11 is 0. The maximum atomic E-state index is 4.17. The molecular weight excluding hydrogens is 1040 g/mol. The van der Waals surface area contributed by atoms with Gasteiger partial charge in [-0.1, -0.05) is 167 Å². The van der Waals surface area contributed by atoms with Crippen LogP contribution in [0.2, 0.25) is 0 Å². The molecule has 6 aromatic carbocycles. The minimum absolute atomic E-state index is 0.829. The summed E-state index contributed by atoms with van der Waals surface area (Å²) in [6.45, 7) is 32.4. The van der Waals surface area contributed by atoms with E-state index in [2.05, 4.69) is 209 Å². The van der Waals surface area contributed by atoms with Crippen LogP contribution in [0.15, 0.2) is 195 Å². The zero-order chi connectivity index (χ0) is 61.4. The third-order valence-electron chi connectivity index (χ3n) is 13.8. The Morgan fingerprint density at radius 3 is 1.09 bits per heavy atom. The zero-order valence-electron chi connectivity index (χ0n) is 53.2. The van der Waals surface area contributed by atoms with Crippen molar-refractivity contribution in [3.63, 3.8) is 0 Å². The number of hydrogen-bond donors (Lipinski definition) is 0. The van der Waals surface area contributed by atoms with E-state index in [1.54, 1.807) is 12.4 Å². The number of nitrogens with zero attached hydrogens (tertiary/aromatic N) is 8. The fourth-order valence-electron chi connectivity index (χ4n) is 9.23. The Morgan fingerprint density at radius 1 is 0.259 bits per heavy atom. The normalized spacial score (nSPS) is 10.5. The van der Waals surface area contributed by atoms with Crippen LogP contribution < -0.4 is 0 Å². The summed E-state index contributed by atoms with van der Waals surface area (Å²) < 4.78 is 0. The summed E-state index contributed by atoms with van der Waals surface area (Å²) in [7, 11) is 0. The Labute approximate surface area is 508 Å². The van der Waals surface area contributed by atoms with Gasteiger partial charge in [-0.2, -0.15) is 10.2 Å². The van der Waals surface area contributed by atoms with Crippen LogP contribution in [0, 0.1) is 111 Å². The van der Waals surface area contributed by atoms with Crippen molar-refractivity contribution in [3.05, 3.63) is 318 Å². The molecule has 8 nitrogen and oxygen atoms in total. The summed E-state index contributed by atoms with van der Waals surface area (Å²) in [6.07, 6.45) is 12.2. The number of pyridine rings is 2. The van der Waals surface area contributed by atoms with Gasteiger partial charge in [-0.15, -0.1) is 0 Å². The predicted octanol–water partition coefficient (Wildman–Crippen LogP) is 18.3. The molecule has 0 N–H and O–H groups in total. The van der Waals surface area contributed by atoms with Crippen molar-refractivity contribution in [2.45, 2.75) is 130 Å². The standard InChI is InChI=1S/2C15H14.C15H16.2C7H9N.3C6H8N2/c1-10-3-5-14-12(7-10)9-13-8-11(2)4-6-15(13)14;1-10-3-5-12-9-13-6-4-11(2)8-15(13)14(12)7-10;1-12-6-8-14(9-7-12)11-15-5-3-4-13(2)10-15;1-6-3-4-7(2)8-5-6;1-6-4-3-5-7(2)8-6;1-5-3-8-6(2)4-7-5;1-5-3-7-6(2)8-4-5;1-5-3-4-6(2)8-7-5/h2*3-8H,9H2,1-2H3;3-10H,11H2,1-2H3;2*3-5H,1-2H3;3*3-4H,1-2H3. The van der Waals surface area contributed by atoms with E-state index in [1.807, 2.05) is 124 Å². The van der Waals surface area contributed by atoms with E-state index in [4.69, 9.17) is 0 Å². The van der Waals surface area contributed by atoms with E-state index in [-0.39, 0.29) is 0 Å². The van der Waals surface area contributed by atoms with Gasteiger partial charge in [0.15, 0.2) is 0 Å². The van der Waals surface area contributed by atoms with E-state index in [0.717, 1.165) is 70.5 Å². The van der Waals surface area contributed by atoms with Gasteiger partial charge in [-0.3, -0.25) is 19.9 Å². The zero-order valence-corrected chi connectivity index (χ0v) is 53.2. The summed E-state index contributed by atoms with van der Waals surface area (Å²) in [6, 6.07) is 58.5. The third kappa shape index (κ3) is 22.5. The van der Waals surface area contributed by atoms with Gasteiger partial charge in [0.25, 0.3) is 0 Å². The summed E-state index contributed by atoms with van der Waals surface area (Å²) in [4.78, 5) is 24.2. The summed E-state index contributed by atoms with van der Waals surface area (Å²) in [5.74, 6) is 0.829. The molecule has 0 amide bonds. The Balaban J connectivity index is 0.000000159. The smallest absolute Gasteiger partial charge is 0.125 e. The van der Waals surface area contributed by atoms with Gasteiger partial charge in [0.05, 0.1) is 22.8 Å². The Morgan fingerprint density at radius 2 is 0.671 bits per heavy atom. The third-order valence-corrected chi connectivity index (χ3v) is 13.8. The number of fused-ring (bicyclic) bond motifs is 6. The first-order valence-corrected chi connectivity index (χ1v) is 29.2. The van der Waals surface area contributed by atoms with Crippen molar-refractivity contribution < 1.29 is 0 Å². The monoisotopic (exact) mass is 1120 g/mol. The highest BCUT2D eigenvalue weighted by atomic mass is 15.1. The first kappa shape index (κ1) is 65.0. The van der Waals surface area contributed by atoms with Gasteiger partial charge in [-0.25, -0.2) is 9.97 Å². The van der Waals surface area contributed by atoms with E-state index in [9.17, 15) is 0 Å². The van der Waals surface area contributed by atoms with Crippen LogP contribution >= 0.6 is 0 Å². The first-order valence-electron chi connectivity index (χ1n) is 29.2. The quantitative estimate of drug-likeness (QED) is 0.169. The van der Waals surface area contributed by atoms with Crippen LogP contribution in [-0.2, 0) is 19.3 Å². The van der Waals surface area contributed by atoms with Gasteiger partial charge in [-0.05, 0) is 227 Å². The van der Waals surface area contributed by atoms with Crippen molar-refractivity contribution in [2.75, 3.05) is 0 Å². The molecule has 5 aromatic heterocycles. The number of benzene rings is 6. The Kier molecular flexibility index (Phi) is 25.0. The van der Waals surface area contributed by atoms with E-state index in [1.165, 1.54) is 94.6 Å². The second-order valence-corrected chi connectivity index (χ2v) is 22.5. The molecule has 0 aliphatic heterocycles. The highest BCUT2D eigenvalue weighted by Crippen LogP contribution is 2.38. The number of aromatic nitrogens is 8. The summed E-state index contributed by atoms with van der Waals surface area (Å²) in [5, 5.41) is 7.66. The van der Waals surface area contributed by atoms with Gasteiger partial charge in [0.1, 0.15) is 5.82 Å². The molecule has 8 heteroatoms. The van der Waals surface area contributed by atoms with E-state index in [0.29, 0.717) is 0 Å². The Bertz CT molecular complexity index is 3460. The predicted molar refractivity (Wildman–Crippen MR) is 355 cm³/mol. The maximum Gasteiger partial charge on any atom is 0.125 e. The lowest BCUT2D eigenvalue weighted by atomic mass is 10.0. The number of hydrogen-bond acceptors (Lipinski definition) is 8. The lowest BCUT2D eigenvalue weighted by Crippen LogP contribution is -1.88. The molecule has 85 heavy (non-hydrogen) atoms. The Hall–Kier alpha value is -9.14. The lowest BCUT2D eigenvalue weighted by molar-refractivity contribution is 0.941. The molecule has 11 aromatic rings. The van der Waals surface area contributed by atoms with Gasteiger partial charge in [0.2, 0.25) is 0 Å². The van der Waals surface area contributed by atoms with E-state index < -0.39 is 0 Å². The fourth-order valence-corrected chi connectivity index (χ4v) is 9.23. The second kappa shape index (κ2) is 32.6. The maximum absolute atomic E-state index is 4.17. The summed E-state index contributed by atoms with van der Waals surface area (Å²) in [5.41, 5.74) is 31.9. The molecule has 0 bridgehead atoms. The molecule has 0 saturated heterocycles. The van der Waals surface area contributed by atoms with Gasteiger partial charge in [0, 0.05) is 48.1 Å². The van der Waals surface area contributed by atoms with Crippen LogP contribution in [0.3, 0.4) is 0 Å². The average molecular weight is 1120 g/mol. The molecule has 2 aliphatic rings. The molecule has 0 unspecified atom stereocenters. The molecule has 0 radical (unpaired) electrons. The largest absolute Gasteiger partial charge is 0.261 e. The topological polar surface area (TPSA) is 103 Å². The van der Waals surface area contributed by atoms with Gasteiger partial charge >= 0.3 is 0 Å². The molecule has 0 atom stereocenters. The molecule has 5 heterocycles. The van der Waals surface area contributed by atoms with Crippen LogP contribution in [0.1, 0.15) is 124 Å². The molecule has 0 fully saturated rings. The minimum Gasteiger partial charge on any atom is -0.261 e. The SMILES string of the molecule is Cc1ccc(C)nc1.Cc1ccc(C)nn1.Cc1ccc(Cc2cccc(C)c2)cc1.Cc1ccc2c(c1)-c1cc(C)ccc1C2.Cc1ccc2c(c1)Cc1cc(C)ccc1-2.Cc1cccc(C)n1.Cc1cnc(C)cn1.Cc1cnc(C)nc1. The van der Waals surface area contributed by atoms with Crippen molar-refractivity contribution in [3.8, 4) is 22.3 Å². The van der Waals surface area contributed by atoms with Gasteiger partial charge < -0.3 is 0 Å². The highest BCUT2D eigenvalue weighted by molar-refractivity contribution is 5.78. The first-order chi connectivity index (χ1) is 40.7. The molecule has 2 aliphatic carbocycles. The average Bonchev–Trinajstić information content (AvgIpc) is 4.22. The van der Waals surface area contributed by atoms with Crippen molar-refractivity contribution >= 4 is 0 Å². The minimum atomic E-state index is 0.829. The second-order valence-electron chi connectivity index (χ2n) is 22.5. The molecular formula is C77H86N8. The molecule has 434 valence electrons. The van der Waals surface area contributed by atoms with Crippen LogP contribution in [0.25, 0.3) is 22.3 Å². The highest BCUT2D eigenvalue weighted by Gasteiger charge is 2.19. The van der Waals surface area contributed by atoms with Crippen molar-refractivity contribution in [2.24, 2.45) is 0 Å². The van der Waals surface area contributed by atoms with Crippen LogP contribution in [-0.4, -0.2) is 40.1 Å². The molecule has 13 rings (SSSR count). The molecule has 0 saturated carbocycles. The van der Waals surface area contributed by atoms with Crippen molar-refractivity contribution in [1.82, 2.24) is 40.1 Å². The van der Waals surface area contributed by atoms with Crippen LogP contribution in [0.4, 0.5) is 0 Å². The van der Waals surface area contributed by atoms with Crippen molar-refractivity contribution in [1.29, 1.82) is 0 Å². The molecule has 0 spiro atoms. The van der Waals surface area contributed by atoms with Crippen LogP contribution in [0.5, 0.6) is 0 Å². The number of rotatable bonds is 2. The van der Waals surface area contributed by atoms with E-state index >= 15 is 0 Å². The fraction of sp³-hybridized carbons (Fsp3) is 0.247. The lowest BCUT2D eigenvalue weighted by Gasteiger charge is -2.03.